The molecule has 0 spiro atoms. The van der Waals surface area contributed by atoms with Gasteiger partial charge in [0.25, 0.3) is 0 Å². The van der Waals surface area contributed by atoms with Crippen LogP contribution in [-0.2, 0) is 0 Å². The van der Waals surface area contributed by atoms with Crippen LogP contribution in [0.1, 0.15) is 0 Å². The molecule has 4 nitrogen and oxygen atoms in total. The van der Waals surface area contributed by atoms with Gasteiger partial charge in [0.2, 0.25) is 0 Å². The van der Waals surface area contributed by atoms with E-state index < -0.39 is 0 Å². The van der Waals surface area contributed by atoms with Gasteiger partial charge in [0.1, 0.15) is 0 Å². The summed E-state index contributed by atoms with van der Waals surface area (Å²) in [6.07, 6.45) is 0. The summed E-state index contributed by atoms with van der Waals surface area (Å²) in [5.74, 6) is 0. The zero-order chi connectivity index (χ0) is 0. The maximum Gasteiger partial charge on any atom is 1.00 e. The van der Waals surface area contributed by atoms with Crippen molar-refractivity contribution in [3.63, 3.8) is 0 Å². The van der Waals surface area contributed by atoms with Crippen molar-refractivity contribution in [2.75, 3.05) is 0 Å². The minimum atomic E-state index is 0. The molecule has 5 N–H and O–H groups in total. The molecule has 0 amide bonds. The van der Waals surface area contributed by atoms with Crippen LogP contribution in [0.5, 0.6) is 0 Å². The molecule has 7 heavy (non-hydrogen) atoms. The van der Waals surface area contributed by atoms with Crippen LogP contribution < -0.4 is 56.6 Å². The molecule has 0 aromatic carbocycles. The minimum absolute atomic E-state index is 0. The van der Waals surface area contributed by atoms with Crippen molar-refractivity contribution in [3.05, 3.63) is 0 Å². The van der Waals surface area contributed by atoms with E-state index in [0.29, 0.717) is 0 Å². The zero-order valence-corrected chi connectivity index (χ0v) is 4.84. The Kier molecular flexibility index (Phi) is 3400. The molecule has 0 saturated carbocycles. The molecule has 0 heterocycles. The molecular formula is H5Li3O4. The topological polar surface area (TPSA) is 122 Å². The minimum Gasteiger partial charge on any atom is -0.870 e. The SMILES string of the molecule is O.[Li+].[Li+].[Li+].[OH-].[OH-].[OH-]. The van der Waals surface area contributed by atoms with E-state index in [-0.39, 0.29) is 78.5 Å². The van der Waals surface area contributed by atoms with Gasteiger partial charge in [-0.1, -0.05) is 0 Å². The van der Waals surface area contributed by atoms with Crippen LogP contribution >= 0.6 is 0 Å². The van der Waals surface area contributed by atoms with Crippen molar-refractivity contribution in [3.8, 4) is 0 Å². The van der Waals surface area contributed by atoms with Gasteiger partial charge < -0.3 is 21.9 Å². The first kappa shape index (κ1) is 189. The first-order valence-corrected chi connectivity index (χ1v) is 0. The average molecular weight is 89.9 g/mol. The smallest absolute Gasteiger partial charge is 0.870 e. The molecule has 0 aliphatic carbocycles. The second kappa shape index (κ2) is 126. The number of hydrogen-bond donors (Lipinski definition) is 0. The third kappa shape index (κ3) is 90.9. The van der Waals surface area contributed by atoms with E-state index in [0.717, 1.165) is 0 Å². The summed E-state index contributed by atoms with van der Waals surface area (Å²) in [6, 6.07) is 0. The van der Waals surface area contributed by atoms with Crippen LogP contribution in [0.15, 0.2) is 0 Å². The Morgan fingerprint density at radius 3 is 0.429 bits per heavy atom. The van der Waals surface area contributed by atoms with Crippen LogP contribution in [0, 0.1) is 0 Å². The monoisotopic (exact) mass is 90.1 g/mol. The number of rotatable bonds is 0. The molecule has 0 aromatic rings. The molecule has 0 aromatic heterocycles. The summed E-state index contributed by atoms with van der Waals surface area (Å²) in [5.41, 5.74) is 0. The Hall–Kier alpha value is 1.63. The Bertz CT molecular complexity index is 6.90. The Balaban J connectivity index is 0. The molecule has 0 bridgehead atoms. The fourth-order valence-electron chi connectivity index (χ4n) is 0. The van der Waals surface area contributed by atoms with Crippen LogP contribution in [0.25, 0.3) is 0 Å². The summed E-state index contributed by atoms with van der Waals surface area (Å²) in [5, 5.41) is 0. The quantitative estimate of drug-likeness (QED) is 0.274. The molecule has 0 saturated heterocycles. The molecule has 0 unspecified atom stereocenters. The fraction of sp³-hybridized carbons (Fsp3) is 0. The molecular weight excluding hydrogens is 84.8 g/mol. The van der Waals surface area contributed by atoms with E-state index in [1.54, 1.807) is 0 Å². The molecule has 0 aliphatic rings. The maximum absolute atomic E-state index is 0. The number of hydrogen-bond acceptors (Lipinski definition) is 3. The van der Waals surface area contributed by atoms with Crippen LogP contribution in [0.3, 0.4) is 0 Å². The van der Waals surface area contributed by atoms with Crippen molar-refractivity contribution < 1.29 is 78.5 Å². The first-order chi connectivity index (χ1) is 0. The largest absolute Gasteiger partial charge is 1.00 e. The standard InChI is InChI=1S/3Li.4H2O/h;;;4*1H2/q3*+1;;;;/p-3. The molecule has 7 heteroatoms. The van der Waals surface area contributed by atoms with Gasteiger partial charge >= 0.3 is 56.6 Å². The van der Waals surface area contributed by atoms with Crippen LogP contribution in [0.2, 0.25) is 0 Å². The van der Waals surface area contributed by atoms with E-state index in [1.165, 1.54) is 0 Å². The second-order valence-corrected chi connectivity index (χ2v) is 0. The van der Waals surface area contributed by atoms with Gasteiger partial charge in [0.15, 0.2) is 0 Å². The van der Waals surface area contributed by atoms with E-state index in [4.69, 9.17) is 0 Å². The molecule has 0 aliphatic heterocycles. The average Bonchev–Trinajstić information content (AvgIpc) is 0. The van der Waals surface area contributed by atoms with Gasteiger partial charge in [-0.05, 0) is 0 Å². The Morgan fingerprint density at radius 1 is 0.429 bits per heavy atom. The van der Waals surface area contributed by atoms with Gasteiger partial charge in [-0.2, -0.15) is 0 Å². The van der Waals surface area contributed by atoms with Gasteiger partial charge in [0.05, 0.1) is 0 Å². The van der Waals surface area contributed by atoms with Crippen molar-refractivity contribution in [1.82, 2.24) is 0 Å². The normalized spacial score (nSPS) is 0. The summed E-state index contributed by atoms with van der Waals surface area (Å²) < 4.78 is 0. The molecule has 0 fully saturated rings. The molecule has 0 radical (unpaired) electrons. The van der Waals surface area contributed by atoms with Crippen LogP contribution in [0.4, 0.5) is 0 Å². The van der Waals surface area contributed by atoms with E-state index in [1.807, 2.05) is 0 Å². The van der Waals surface area contributed by atoms with E-state index in [9.17, 15) is 0 Å². The molecule has 32 valence electrons. The van der Waals surface area contributed by atoms with E-state index in [2.05, 4.69) is 0 Å². The second-order valence-electron chi connectivity index (χ2n) is 0. The zero-order valence-electron chi connectivity index (χ0n) is 4.84. The summed E-state index contributed by atoms with van der Waals surface area (Å²) >= 11 is 0. The van der Waals surface area contributed by atoms with Crippen molar-refractivity contribution in [2.45, 2.75) is 0 Å². The van der Waals surface area contributed by atoms with Gasteiger partial charge in [-0.3, -0.25) is 0 Å². The maximum atomic E-state index is 0. The predicted octanol–water partition coefficient (Wildman–Crippen LogP) is -10.3. The summed E-state index contributed by atoms with van der Waals surface area (Å²) in [4.78, 5) is 0. The van der Waals surface area contributed by atoms with Gasteiger partial charge in [-0.25, -0.2) is 0 Å². The van der Waals surface area contributed by atoms with Gasteiger partial charge in [-0.15, -0.1) is 0 Å². The predicted molar refractivity (Wildman–Crippen MR) is 9.42 cm³/mol. The van der Waals surface area contributed by atoms with Gasteiger partial charge in [0, 0.05) is 0 Å². The van der Waals surface area contributed by atoms with Crippen molar-refractivity contribution in [1.29, 1.82) is 0 Å². The summed E-state index contributed by atoms with van der Waals surface area (Å²) in [6.45, 7) is 0. The third-order valence-corrected chi connectivity index (χ3v) is 0. The fourth-order valence-corrected chi connectivity index (χ4v) is 0. The van der Waals surface area contributed by atoms with Crippen molar-refractivity contribution >= 4 is 0 Å². The first-order valence-electron chi connectivity index (χ1n) is 0. The molecule has 0 rings (SSSR count). The van der Waals surface area contributed by atoms with Crippen LogP contribution in [-0.4, -0.2) is 21.9 Å². The summed E-state index contributed by atoms with van der Waals surface area (Å²) in [7, 11) is 0. The van der Waals surface area contributed by atoms with Crippen molar-refractivity contribution in [2.24, 2.45) is 0 Å². The third-order valence-electron chi connectivity index (χ3n) is 0. The molecule has 0 atom stereocenters. The van der Waals surface area contributed by atoms with E-state index >= 15 is 0 Å². The Labute approximate surface area is 78.2 Å². The Morgan fingerprint density at radius 2 is 0.429 bits per heavy atom.